The smallest absolute Gasteiger partial charge is 0.359 e. The van der Waals surface area contributed by atoms with Gasteiger partial charge in [0.2, 0.25) is 0 Å². The largest absolute Gasteiger partial charge is 0.461 e. The normalized spacial score (nSPS) is 10.6. The van der Waals surface area contributed by atoms with E-state index in [2.05, 4.69) is 4.98 Å². The number of nitrogens with zero attached hydrogens (tertiary/aromatic N) is 1. The third kappa shape index (κ3) is 2.35. The molecule has 0 fully saturated rings. The maximum Gasteiger partial charge on any atom is 0.359 e. The van der Waals surface area contributed by atoms with Crippen molar-refractivity contribution in [3.05, 3.63) is 33.9 Å². The Morgan fingerprint density at radius 2 is 2.11 bits per heavy atom. The predicted octanol–water partition coefficient (Wildman–Crippen LogP) is 3.30. The van der Waals surface area contributed by atoms with E-state index in [1.54, 1.807) is 25.1 Å². The summed E-state index contributed by atoms with van der Waals surface area (Å²) in [6.45, 7) is 1.97. The Hall–Kier alpha value is -1.52. The van der Waals surface area contributed by atoms with E-state index < -0.39 is 5.97 Å². The summed E-state index contributed by atoms with van der Waals surface area (Å²) in [4.78, 5) is 15.8. The maximum atomic E-state index is 11.6. The van der Waals surface area contributed by atoms with Crippen molar-refractivity contribution in [2.45, 2.75) is 6.92 Å². The molecule has 0 aliphatic heterocycles. The molecule has 94 valence electrons. The summed E-state index contributed by atoms with van der Waals surface area (Å²) in [6.07, 6.45) is 0. The number of fused-ring (bicyclic) bond motifs is 1. The summed E-state index contributed by atoms with van der Waals surface area (Å²) < 4.78 is 4.87. The van der Waals surface area contributed by atoms with Crippen molar-refractivity contribution < 1.29 is 9.53 Å². The molecule has 1 heterocycles. The number of ether oxygens (including phenoxy) is 1. The fraction of sp³-hybridized carbons (Fsp3) is 0.167. The average Bonchev–Trinajstić information content (AvgIpc) is 2.29. The first-order valence-electron chi connectivity index (χ1n) is 5.25. The molecule has 18 heavy (non-hydrogen) atoms. The Morgan fingerprint density at radius 3 is 2.78 bits per heavy atom. The van der Waals surface area contributed by atoms with Gasteiger partial charge in [-0.3, -0.25) is 0 Å². The van der Waals surface area contributed by atoms with Gasteiger partial charge in [-0.25, -0.2) is 9.78 Å². The molecule has 1 aromatic heterocycles. The van der Waals surface area contributed by atoms with E-state index in [-0.39, 0.29) is 18.0 Å². The van der Waals surface area contributed by atoms with Gasteiger partial charge < -0.3 is 10.5 Å². The van der Waals surface area contributed by atoms with E-state index in [0.29, 0.717) is 20.9 Å². The Balaban J connectivity index is 2.64. The molecule has 0 atom stereocenters. The van der Waals surface area contributed by atoms with Gasteiger partial charge in [-0.1, -0.05) is 23.2 Å². The van der Waals surface area contributed by atoms with Gasteiger partial charge in [0.25, 0.3) is 0 Å². The van der Waals surface area contributed by atoms with Crippen LogP contribution in [-0.4, -0.2) is 17.6 Å². The Morgan fingerprint density at radius 1 is 1.39 bits per heavy atom. The molecule has 2 N–H and O–H groups in total. The number of hydrogen-bond donors (Lipinski definition) is 1. The van der Waals surface area contributed by atoms with Crippen molar-refractivity contribution in [3.63, 3.8) is 0 Å². The van der Waals surface area contributed by atoms with Crippen LogP contribution in [0.3, 0.4) is 0 Å². The molecule has 0 spiro atoms. The lowest BCUT2D eigenvalue weighted by Gasteiger charge is -2.07. The zero-order valence-corrected chi connectivity index (χ0v) is 11.0. The van der Waals surface area contributed by atoms with Crippen molar-refractivity contribution in [3.8, 4) is 0 Å². The number of rotatable bonds is 2. The third-order valence-electron chi connectivity index (χ3n) is 2.35. The molecule has 0 saturated heterocycles. The number of halogens is 2. The summed E-state index contributed by atoms with van der Waals surface area (Å²) in [5, 5.41) is 1.53. The van der Waals surface area contributed by atoms with Gasteiger partial charge in [-0.2, -0.15) is 0 Å². The molecule has 2 rings (SSSR count). The number of pyridine rings is 1. The molecular weight excluding hydrogens is 275 g/mol. The minimum atomic E-state index is -0.562. The SMILES string of the molecule is CCOC(=O)c1nc2cc(Cl)cc(Cl)c2cc1N. The lowest BCUT2D eigenvalue weighted by atomic mass is 10.1. The number of aromatic nitrogens is 1. The summed E-state index contributed by atoms with van der Waals surface area (Å²) in [5.74, 6) is -0.562. The van der Waals surface area contributed by atoms with E-state index in [1.165, 1.54) is 0 Å². The molecule has 6 heteroatoms. The van der Waals surface area contributed by atoms with E-state index in [0.717, 1.165) is 0 Å². The minimum Gasteiger partial charge on any atom is -0.461 e. The number of esters is 1. The zero-order chi connectivity index (χ0) is 13.3. The molecule has 0 bridgehead atoms. The van der Waals surface area contributed by atoms with Crippen LogP contribution in [-0.2, 0) is 4.74 Å². The van der Waals surface area contributed by atoms with Crippen molar-refractivity contribution in [2.75, 3.05) is 12.3 Å². The fourth-order valence-electron chi connectivity index (χ4n) is 1.58. The molecule has 0 radical (unpaired) electrons. The van der Waals surface area contributed by atoms with Crippen molar-refractivity contribution in [1.29, 1.82) is 0 Å². The number of nitrogens with two attached hydrogens (primary N) is 1. The van der Waals surface area contributed by atoms with Crippen LogP contribution < -0.4 is 5.73 Å². The highest BCUT2D eigenvalue weighted by atomic mass is 35.5. The van der Waals surface area contributed by atoms with E-state index in [4.69, 9.17) is 33.7 Å². The van der Waals surface area contributed by atoms with Crippen molar-refractivity contribution in [1.82, 2.24) is 4.98 Å². The lowest BCUT2D eigenvalue weighted by Crippen LogP contribution is -2.10. The Kier molecular flexibility index (Phi) is 3.59. The molecule has 0 saturated carbocycles. The van der Waals surface area contributed by atoms with Crippen LogP contribution in [0.2, 0.25) is 10.0 Å². The number of carbonyl (C=O) groups excluding carboxylic acids is 1. The topological polar surface area (TPSA) is 65.2 Å². The second-order valence-corrected chi connectivity index (χ2v) is 4.44. The van der Waals surface area contributed by atoms with Gasteiger partial charge in [0.1, 0.15) is 0 Å². The molecule has 2 aromatic rings. The van der Waals surface area contributed by atoms with Gasteiger partial charge in [-0.15, -0.1) is 0 Å². The van der Waals surface area contributed by atoms with Crippen LogP contribution in [0.15, 0.2) is 18.2 Å². The standard InChI is InChI=1S/C12H10Cl2N2O2/c1-2-18-12(17)11-9(15)5-7-8(14)3-6(13)4-10(7)16-11/h3-5H,2,15H2,1H3. The summed E-state index contributed by atoms with van der Waals surface area (Å²) in [5.41, 5.74) is 6.57. The third-order valence-corrected chi connectivity index (χ3v) is 2.88. The highest BCUT2D eigenvalue weighted by Crippen LogP contribution is 2.29. The predicted molar refractivity (Wildman–Crippen MR) is 72.1 cm³/mol. The number of benzene rings is 1. The van der Waals surface area contributed by atoms with Crippen LogP contribution in [0, 0.1) is 0 Å². The molecule has 0 amide bonds. The molecule has 0 aliphatic rings. The van der Waals surface area contributed by atoms with Gasteiger partial charge in [-0.05, 0) is 25.1 Å². The average molecular weight is 285 g/mol. The maximum absolute atomic E-state index is 11.6. The van der Waals surface area contributed by atoms with Crippen molar-refractivity contribution in [2.24, 2.45) is 0 Å². The summed E-state index contributed by atoms with van der Waals surface area (Å²) >= 11 is 11.9. The fourth-order valence-corrected chi connectivity index (χ4v) is 2.12. The molecule has 0 aliphatic carbocycles. The molecule has 0 unspecified atom stereocenters. The summed E-state index contributed by atoms with van der Waals surface area (Å²) in [6, 6.07) is 4.80. The van der Waals surface area contributed by atoms with Gasteiger partial charge in [0, 0.05) is 10.4 Å². The number of nitrogen functional groups attached to an aromatic ring is 1. The second-order valence-electron chi connectivity index (χ2n) is 3.60. The van der Waals surface area contributed by atoms with Gasteiger partial charge in [0.05, 0.1) is 22.8 Å². The highest BCUT2D eigenvalue weighted by molar-refractivity contribution is 6.38. The monoisotopic (exact) mass is 284 g/mol. The quantitative estimate of drug-likeness (QED) is 0.860. The first-order chi connectivity index (χ1) is 8.52. The number of anilines is 1. The molecule has 1 aromatic carbocycles. The first kappa shape index (κ1) is 12.9. The van der Waals surface area contributed by atoms with Crippen LogP contribution >= 0.6 is 23.2 Å². The minimum absolute atomic E-state index is 0.0719. The van der Waals surface area contributed by atoms with Crippen LogP contribution in [0.1, 0.15) is 17.4 Å². The van der Waals surface area contributed by atoms with E-state index in [1.807, 2.05) is 0 Å². The lowest BCUT2D eigenvalue weighted by molar-refractivity contribution is 0.0521. The van der Waals surface area contributed by atoms with Crippen LogP contribution in [0.4, 0.5) is 5.69 Å². The number of hydrogen-bond acceptors (Lipinski definition) is 4. The second kappa shape index (κ2) is 5.00. The number of carbonyl (C=O) groups is 1. The van der Waals surface area contributed by atoms with Gasteiger partial charge in [0.15, 0.2) is 5.69 Å². The Labute approximate surface area is 114 Å². The van der Waals surface area contributed by atoms with Crippen molar-refractivity contribution >= 4 is 45.8 Å². The molecule has 4 nitrogen and oxygen atoms in total. The summed E-state index contributed by atoms with van der Waals surface area (Å²) in [7, 11) is 0. The first-order valence-corrected chi connectivity index (χ1v) is 6.01. The highest BCUT2D eigenvalue weighted by Gasteiger charge is 2.15. The zero-order valence-electron chi connectivity index (χ0n) is 9.54. The molecular formula is C12H10Cl2N2O2. The van der Waals surface area contributed by atoms with E-state index in [9.17, 15) is 4.79 Å². The van der Waals surface area contributed by atoms with Crippen LogP contribution in [0.5, 0.6) is 0 Å². The van der Waals surface area contributed by atoms with Gasteiger partial charge >= 0.3 is 5.97 Å². The van der Waals surface area contributed by atoms with E-state index >= 15 is 0 Å². The Bertz CT molecular complexity index is 629. The van der Waals surface area contributed by atoms with Crippen LogP contribution in [0.25, 0.3) is 10.9 Å².